The van der Waals surface area contributed by atoms with Crippen LogP contribution in [0, 0.1) is 0 Å². The van der Waals surface area contributed by atoms with E-state index < -0.39 is 5.97 Å². The third-order valence-electron chi connectivity index (χ3n) is 5.95. The number of carbonyl (C=O) groups is 2. The van der Waals surface area contributed by atoms with Crippen LogP contribution in [0.2, 0.25) is 5.02 Å². The molecule has 0 bridgehead atoms. The van der Waals surface area contributed by atoms with Crippen molar-refractivity contribution in [3.63, 3.8) is 0 Å². The number of ether oxygens (including phenoxy) is 1. The molecule has 34 heavy (non-hydrogen) atoms. The topological polar surface area (TPSA) is 63.6 Å². The van der Waals surface area contributed by atoms with Crippen molar-refractivity contribution in [2.24, 2.45) is 0 Å². The van der Waals surface area contributed by atoms with Gasteiger partial charge in [0.25, 0.3) is 0 Å². The first-order chi connectivity index (χ1) is 16.5. The Bertz CT molecular complexity index is 1360. The average molecular weight is 472 g/mol. The summed E-state index contributed by atoms with van der Waals surface area (Å²) in [6, 6.07) is 25.7. The van der Waals surface area contributed by atoms with Crippen LogP contribution in [0.1, 0.15) is 33.2 Å². The van der Waals surface area contributed by atoms with E-state index in [4.69, 9.17) is 16.3 Å². The predicted octanol–water partition coefficient (Wildman–Crippen LogP) is 6.05. The maximum absolute atomic E-state index is 13.7. The largest absolute Gasteiger partial charge is 0.465 e. The Morgan fingerprint density at radius 2 is 1.76 bits per heavy atom. The van der Waals surface area contributed by atoms with Crippen LogP contribution in [0.3, 0.4) is 0 Å². The zero-order valence-electron chi connectivity index (χ0n) is 18.4. The Kier molecular flexibility index (Phi) is 5.82. The number of para-hydroxylation sites is 1. The van der Waals surface area contributed by atoms with Crippen molar-refractivity contribution in [1.82, 2.24) is 9.47 Å². The SMILES string of the molecule is COC(=O)c1cccc(NC(=O)N2Cc3ccccc3-n3cccc3[C@H]2c2ccc(Cl)cc2)c1. The molecule has 1 aliphatic rings. The molecule has 0 saturated heterocycles. The van der Waals surface area contributed by atoms with Gasteiger partial charge in [0.15, 0.2) is 0 Å². The molecule has 1 aromatic heterocycles. The summed E-state index contributed by atoms with van der Waals surface area (Å²) in [5.74, 6) is -0.461. The molecular formula is C27H22ClN3O3. The van der Waals surface area contributed by atoms with Crippen molar-refractivity contribution in [3.05, 3.63) is 119 Å². The van der Waals surface area contributed by atoms with Crippen LogP contribution in [0.25, 0.3) is 5.69 Å². The maximum Gasteiger partial charge on any atom is 0.337 e. The molecule has 5 rings (SSSR count). The van der Waals surface area contributed by atoms with E-state index in [1.165, 1.54) is 7.11 Å². The second-order valence-electron chi connectivity index (χ2n) is 8.02. The number of anilines is 1. The summed E-state index contributed by atoms with van der Waals surface area (Å²) in [6.07, 6.45) is 2.01. The lowest BCUT2D eigenvalue weighted by Crippen LogP contribution is -2.38. The lowest BCUT2D eigenvalue weighted by atomic mass is 10.0. The molecule has 1 aliphatic heterocycles. The minimum absolute atomic E-state index is 0.286. The molecule has 7 heteroatoms. The summed E-state index contributed by atoms with van der Waals surface area (Å²) in [5.41, 5.74) is 4.83. The fourth-order valence-electron chi connectivity index (χ4n) is 4.37. The lowest BCUT2D eigenvalue weighted by Gasteiger charge is -2.31. The van der Waals surface area contributed by atoms with Gasteiger partial charge in [-0.1, -0.05) is 48.0 Å². The Morgan fingerprint density at radius 1 is 0.971 bits per heavy atom. The van der Waals surface area contributed by atoms with Crippen LogP contribution in [0.5, 0.6) is 0 Å². The van der Waals surface area contributed by atoms with Gasteiger partial charge < -0.3 is 19.5 Å². The molecule has 0 spiro atoms. The minimum Gasteiger partial charge on any atom is -0.465 e. The predicted molar refractivity (Wildman–Crippen MR) is 131 cm³/mol. The maximum atomic E-state index is 13.7. The molecule has 0 fully saturated rings. The number of fused-ring (bicyclic) bond motifs is 3. The van der Waals surface area contributed by atoms with Gasteiger partial charge in [-0.25, -0.2) is 9.59 Å². The lowest BCUT2D eigenvalue weighted by molar-refractivity contribution is 0.0600. The minimum atomic E-state index is -0.461. The van der Waals surface area contributed by atoms with Crippen LogP contribution in [-0.4, -0.2) is 28.6 Å². The van der Waals surface area contributed by atoms with Crippen LogP contribution in [0.4, 0.5) is 10.5 Å². The molecule has 0 radical (unpaired) electrons. The van der Waals surface area contributed by atoms with Crippen LogP contribution in [0.15, 0.2) is 91.1 Å². The number of benzene rings is 3. The number of nitrogens with zero attached hydrogens (tertiary/aromatic N) is 2. The van der Waals surface area contributed by atoms with Crippen molar-refractivity contribution in [2.45, 2.75) is 12.6 Å². The number of nitrogens with one attached hydrogen (secondary N) is 1. The van der Waals surface area contributed by atoms with Crippen molar-refractivity contribution in [1.29, 1.82) is 0 Å². The Hall–Kier alpha value is -4.03. The average Bonchev–Trinajstić information content (AvgIpc) is 3.29. The number of aromatic nitrogens is 1. The van der Waals surface area contributed by atoms with Gasteiger partial charge in [0.1, 0.15) is 0 Å². The molecule has 1 atom stereocenters. The van der Waals surface area contributed by atoms with E-state index in [0.717, 1.165) is 22.5 Å². The normalized spacial score (nSPS) is 14.5. The molecule has 170 valence electrons. The molecule has 2 amide bonds. The van der Waals surface area contributed by atoms with Crippen LogP contribution < -0.4 is 5.32 Å². The second-order valence-corrected chi connectivity index (χ2v) is 8.45. The van der Waals surface area contributed by atoms with Gasteiger partial charge in [0.2, 0.25) is 0 Å². The summed E-state index contributed by atoms with van der Waals surface area (Å²) in [5, 5.41) is 3.60. The van der Waals surface area contributed by atoms with E-state index in [-0.39, 0.29) is 12.1 Å². The molecule has 2 heterocycles. The van der Waals surface area contributed by atoms with Gasteiger partial charge in [-0.3, -0.25) is 0 Å². The smallest absolute Gasteiger partial charge is 0.337 e. The quantitative estimate of drug-likeness (QED) is 0.370. The fraction of sp³-hybridized carbons (Fsp3) is 0.111. The highest BCUT2D eigenvalue weighted by molar-refractivity contribution is 6.30. The first-order valence-corrected chi connectivity index (χ1v) is 11.2. The Labute approximate surface area is 202 Å². The summed E-state index contributed by atoms with van der Waals surface area (Å²) >= 11 is 6.16. The molecular weight excluding hydrogens is 450 g/mol. The van der Waals surface area contributed by atoms with Crippen molar-refractivity contribution in [2.75, 3.05) is 12.4 Å². The van der Waals surface area contributed by atoms with Crippen molar-refractivity contribution >= 4 is 29.3 Å². The number of amides is 2. The molecule has 0 aliphatic carbocycles. The second kappa shape index (κ2) is 9.08. The van der Waals surface area contributed by atoms with Gasteiger partial charge in [-0.05, 0) is 59.7 Å². The van der Waals surface area contributed by atoms with E-state index >= 15 is 0 Å². The number of carbonyl (C=O) groups excluding carboxylic acids is 2. The molecule has 1 N–H and O–H groups in total. The van der Waals surface area contributed by atoms with Crippen LogP contribution in [-0.2, 0) is 11.3 Å². The van der Waals surface area contributed by atoms with E-state index in [9.17, 15) is 9.59 Å². The highest BCUT2D eigenvalue weighted by Gasteiger charge is 2.33. The van der Waals surface area contributed by atoms with E-state index in [2.05, 4.69) is 16.0 Å². The summed E-state index contributed by atoms with van der Waals surface area (Å²) in [4.78, 5) is 27.5. The number of hydrogen-bond donors (Lipinski definition) is 1. The molecule has 0 unspecified atom stereocenters. The number of halogens is 1. The summed E-state index contributed by atoms with van der Waals surface area (Å²) < 4.78 is 6.93. The summed E-state index contributed by atoms with van der Waals surface area (Å²) in [7, 11) is 1.33. The third-order valence-corrected chi connectivity index (χ3v) is 6.20. The number of methoxy groups -OCH3 is 1. The molecule has 0 saturated carbocycles. The highest BCUT2D eigenvalue weighted by Crippen LogP contribution is 2.37. The van der Waals surface area contributed by atoms with Crippen LogP contribution >= 0.6 is 11.6 Å². The van der Waals surface area contributed by atoms with Gasteiger partial charge in [-0.2, -0.15) is 0 Å². The highest BCUT2D eigenvalue weighted by atomic mass is 35.5. The van der Waals surface area contributed by atoms with E-state index in [1.807, 2.05) is 60.8 Å². The van der Waals surface area contributed by atoms with Crippen molar-refractivity contribution in [3.8, 4) is 5.69 Å². The zero-order valence-corrected chi connectivity index (χ0v) is 19.2. The van der Waals surface area contributed by atoms with Gasteiger partial charge in [-0.15, -0.1) is 0 Å². The van der Waals surface area contributed by atoms with Gasteiger partial charge in [0, 0.05) is 22.6 Å². The number of hydrogen-bond acceptors (Lipinski definition) is 3. The standard InChI is InChI=1S/C27H22ClN3O3/c1-34-26(32)19-7-4-8-22(16-19)29-27(33)31-17-20-6-2-3-9-23(20)30-15-5-10-24(30)25(31)18-11-13-21(28)14-12-18/h2-16,25H,17H2,1H3,(H,29,33)/t25-/m1/s1. The summed E-state index contributed by atoms with van der Waals surface area (Å²) in [6.45, 7) is 0.397. The fourth-order valence-corrected chi connectivity index (χ4v) is 4.50. The van der Waals surface area contributed by atoms with Crippen molar-refractivity contribution < 1.29 is 14.3 Å². The van der Waals surface area contributed by atoms with Gasteiger partial charge in [0.05, 0.1) is 30.9 Å². The molecule has 6 nitrogen and oxygen atoms in total. The number of rotatable bonds is 3. The number of esters is 1. The monoisotopic (exact) mass is 471 g/mol. The molecule has 4 aromatic rings. The zero-order chi connectivity index (χ0) is 23.7. The van der Waals surface area contributed by atoms with E-state index in [1.54, 1.807) is 29.2 Å². The third kappa shape index (κ3) is 4.04. The first-order valence-electron chi connectivity index (χ1n) is 10.8. The van der Waals surface area contributed by atoms with E-state index in [0.29, 0.717) is 22.8 Å². The Balaban J connectivity index is 1.58. The van der Waals surface area contributed by atoms with Gasteiger partial charge >= 0.3 is 12.0 Å². The number of urea groups is 1. The Morgan fingerprint density at radius 3 is 2.56 bits per heavy atom. The first kappa shape index (κ1) is 21.8. The molecule has 3 aromatic carbocycles.